The molecule has 6 nitrogen and oxygen atoms in total. The van der Waals surface area contributed by atoms with E-state index in [-0.39, 0.29) is 16.6 Å². The van der Waals surface area contributed by atoms with Gasteiger partial charge in [0.2, 0.25) is 0 Å². The van der Waals surface area contributed by atoms with Crippen LogP contribution in [-0.2, 0) is 14.8 Å². The number of carbonyl (C=O) groups excluding carboxylic acids is 1. The summed E-state index contributed by atoms with van der Waals surface area (Å²) in [6, 6.07) is 19.3. The number of rotatable bonds is 8. The number of hydrogen-bond donors (Lipinski definition) is 1. The third kappa shape index (κ3) is 6.08. The minimum atomic E-state index is -4.01. The molecule has 8 heteroatoms. The predicted octanol–water partition coefficient (Wildman–Crippen LogP) is 4.99. The van der Waals surface area contributed by atoms with Crippen molar-refractivity contribution in [1.29, 1.82) is 0 Å². The summed E-state index contributed by atoms with van der Waals surface area (Å²) in [6.07, 6.45) is 0. The maximum absolute atomic E-state index is 13.5. The average Bonchev–Trinajstić information content (AvgIpc) is 2.81. The third-order valence-corrected chi connectivity index (χ3v) is 7.14. The first kappa shape index (κ1) is 25.1. The summed E-state index contributed by atoms with van der Waals surface area (Å²) in [7, 11) is -4.01. The highest BCUT2D eigenvalue weighted by Crippen LogP contribution is 2.26. The topological polar surface area (TPSA) is 78.8 Å². The molecule has 3 aromatic rings. The number of halogens is 1. The van der Waals surface area contributed by atoms with Crippen LogP contribution in [0.15, 0.2) is 82.8 Å². The van der Waals surface area contributed by atoms with Gasteiger partial charge in [-0.3, -0.25) is 9.10 Å². The summed E-state index contributed by atoms with van der Waals surface area (Å²) in [5.41, 5.74) is 5.86. The molecule has 0 spiro atoms. The first-order chi connectivity index (χ1) is 16.1. The molecule has 3 aromatic carbocycles. The molecule has 0 aliphatic heterocycles. The molecule has 0 heterocycles. The van der Waals surface area contributed by atoms with Crippen molar-refractivity contribution in [2.24, 2.45) is 5.10 Å². The third-order valence-electron chi connectivity index (χ3n) is 5.35. The first-order valence-corrected chi connectivity index (χ1v) is 12.3. The summed E-state index contributed by atoms with van der Waals surface area (Å²) < 4.78 is 41.1. The summed E-state index contributed by atoms with van der Waals surface area (Å²) in [4.78, 5) is 12.8. The summed E-state index contributed by atoms with van der Waals surface area (Å²) in [5, 5.41) is 4.05. The second kappa shape index (κ2) is 10.6. The second-order valence-corrected chi connectivity index (χ2v) is 10.2. The van der Waals surface area contributed by atoms with Gasteiger partial charge in [0.15, 0.2) is 0 Å². The van der Waals surface area contributed by atoms with Crippen molar-refractivity contribution in [2.45, 2.75) is 38.5 Å². The molecule has 1 N–H and O–H groups in total. The number of anilines is 1. The molecule has 1 amide bonds. The maximum Gasteiger partial charge on any atom is 0.264 e. The van der Waals surface area contributed by atoms with Crippen LogP contribution in [-0.4, -0.2) is 26.6 Å². The van der Waals surface area contributed by atoms with Gasteiger partial charge in [-0.25, -0.2) is 18.2 Å². The fourth-order valence-corrected chi connectivity index (χ4v) is 4.67. The lowest BCUT2D eigenvalue weighted by atomic mass is 10.0. The normalized spacial score (nSPS) is 12.0. The van der Waals surface area contributed by atoms with Gasteiger partial charge in [0.05, 0.1) is 16.3 Å². The molecule has 0 unspecified atom stereocenters. The molecule has 0 fully saturated rings. The van der Waals surface area contributed by atoms with Gasteiger partial charge in [-0.1, -0.05) is 55.8 Å². The van der Waals surface area contributed by atoms with Crippen LogP contribution in [0.2, 0.25) is 0 Å². The summed E-state index contributed by atoms with van der Waals surface area (Å²) in [6.45, 7) is 7.17. The highest BCUT2D eigenvalue weighted by molar-refractivity contribution is 7.92. The van der Waals surface area contributed by atoms with E-state index in [0.29, 0.717) is 17.0 Å². The fraction of sp³-hybridized carbons (Fsp3) is 0.231. The van der Waals surface area contributed by atoms with Crippen LogP contribution in [0, 0.1) is 12.7 Å². The molecule has 0 bridgehead atoms. The molecule has 0 aliphatic carbocycles. The number of aryl methyl sites for hydroxylation is 1. The number of carbonyl (C=O) groups is 1. The van der Waals surface area contributed by atoms with E-state index in [1.54, 1.807) is 43.3 Å². The Morgan fingerprint density at radius 3 is 2.12 bits per heavy atom. The van der Waals surface area contributed by atoms with Crippen LogP contribution in [0.25, 0.3) is 0 Å². The predicted molar refractivity (Wildman–Crippen MR) is 133 cm³/mol. The Hall–Kier alpha value is -3.52. The zero-order valence-electron chi connectivity index (χ0n) is 19.6. The van der Waals surface area contributed by atoms with E-state index < -0.39 is 22.5 Å². The summed E-state index contributed by atoms with van der Waals surface area (Å²) in [5.74, 6) is -0.700. The van der Waals surface area contributed by atoms with Crippen LogP contribution in [0.4, 0.5) is 10.1 Å². The van der Waals surface area contributed by atoms with Crippen molar-refractivity contribution in [2.75, 3.05) is 10.8 Å². The van der Waals surface area contributed by atoms with Crippen molar-refractivity contribution in [3.63, 3.8) is 0 Å². The molecule has 3 rings (SSSR count). The van der Waals surface area contributed by atoms with Crippen LogP contribution in [0.1, 0.15) is 43.4 Å². The zero-order chi connectivity index (χ0) is 24.9. The lowest BCUT2D eigenvalue weighted by Crippen LogP contribution is -2.39. The van der Waals surface area contributed by atoms with Crippen LogP contribution >= 0.6 is 0 Å². The van der Waals surface area contributed by atoms with E-state index >= 15 is 0 Å². The number of amides is 1. The highest BCUT2D eigenvalue weighted by atomic mass is 32.2. The van der Waals surface area contributed by atoms with Crippen molar-refractivity contribution >= 4 is 27.3 Å². The van der Waals surface area contributed by atoms with Crippen LogP contribution < -0.4 is 9.73 Å². The monoisotopic (exact) mass is 481 g/mol. The number of hydrogen-bond acceptors (Lipinski definition) is 4. The smallest absolute Gasteiger partial charge is 0.264 e. The maximum atomic E-state index is 13.5. The molecule has 178 valence electrons. The molecular weight excluding hydrogens is 453 g/mol. The Kier molecular flexibility index (Phi) is 7.83. The molecule has 34 heavy (non-hydrogen) atoms. The number of benzene rings is 3. The largest absolute Gasteiger partial charge is 0.271 e. The Balaban J connectivity index is 1.88. The van der Waals surface area contributed by atoms with E-state index in [9.17, 15) is 17.6 Å². The lowest BCUT2D eigenvalue weighted by Gasteiger charge is -2.24. The van der Waals surface area contributed by atoms with E-state index in [1.807, 2.05) is 32.9 Å². The second-order valence-electron chi connectivity index (χ2n) is 8.31. The molecule has 0 aliphatic rings. The van der Waals surface area contributed by atoms with Gasteiger partial charge in [0.1, 0.15) is 12.4 Å². The fourth-order valence-electron chi connectivity index (χ4n) is 3.25. The quantitative estimate of drug-likeness (QED) is 0.364. The van der Waals surface area contributed by atoms with Crippen molar-refractivity contribution in [3.05, 3.63) is 95.3 Å². The number of nitrogens with zero attached hydrogens (tertiary/aromatic N) is 2. The van der Waals surface area contributed by atoms with Crippen molar-refractivity contribution < 1.29 is 17.6 Å². The number of nitrogens with one attached hydrogen (secondary N) is 1. The van der Waals surface area contributed by atoms with Gasteiger partial charge < -0.3 is 0 Å². The van der Waals surface area contributed by atoms with Crippen molar-refractivity contribution in [1.82, 2.24) is 5.43 Å². The minimum Gasteiger partial charge on any atom is -0.271 e. The molecular formula is C26H28FN3O3S. The minimum absolute atomic E-state index is 0.0878. The van der Waals surface area contributed by atoms with Gasteiger partial charge in [0.25, 0.3) is 15.9 Å². The van der Waals surface area contributed by atoms with Gasteiger partial charge in [-0.05, 0) is 67.3 Å². The van der Waals surface area contributed by atoms with E-state index in [1.165, 1.54) is 24.3 Å². The Bertz CT molecular complexity index is 1270. The van der Waals surface area contributed by atoms with Crippen LogP contribution in [0.3, 0.4) is 0 Å². The van der Waals surface area contributed by atoms with E-state index in [0.717, 1.165) is 15.4 Å². The highest BCUT2D eigenvalue weighted by Gasteiger charge is 2.27. The van der Waals surface area contributed by atoms with E-state index in [2.05, 4.69) is 10.5 Å². The summed E-state index contributed by atoms with van der Waals surface area (Å²) >= 11 is 0. The van der Waals surface area contributed by atoms with Gasteiger partial charge >= 0.3 is 0 Å². The van der Waals surface area contributed by atoms with Crippen molar-refractivity contribution in [3.8, 4) is 0 Å². The SMILES string of the molecule is C/C(=N/NC(=O)CN(c1ccc(C(C)C)cc1)S(=O)(=O)c1ccc(C)cc1)c1ccc(F)cc1. The van der Waals surface area contributed by atoms with Gasteiger partial charge in [-0.2, -0.15) is 5.10 Å². The number of hydrazone groups is 1. The lowest BCUT2D eigenvalue weighted by molar-refractivity contribution is -0.119. The molecule has 0 aromatic heterocycles. The molecule has 0 saturated carbocycles. The zero-order valence-corrected chi connectivity index (χ0v) is 20.4. The molecule has 0 atom stereocenters. The van der Waals surface area contributed by atoms with Gasteiger partial charge in [-0.15, -0.1) is 0 Å². The van der Waals surface area contributed by atoms with Crippen LogP contribution in [0.5, 0.6) is 0 Å². The Morgan fingerprint density at radius 1 is 0.971 bits per heavy atom. The standard InChI is InChI=1S/C26H28FN3O3S/c1-18(2)21-9-13-24(14-10-21)30(34(32,33)25-15-5-19(3)6-16-25)17-26(31)29-28-20(4)22-7-11-23(27)12-8-22/h5-16,18H,17H2,1-4H3,(H,29,31)/b28-20-. The molecule has 0 saturated heterocycles. The van der Waals surface area contributed by atoms with Gasteiger partial charge in [0, 0.05) is 0 Å². The Morgan fingerprint density at radius 2 is 1.56 bits per heavy atom. The average molecular weight is 482 g/mol. The number of sulfonamides is 1. The van der Waals surface area contributed by atoms with E-state index in [4.69, 9.17) is 0 Å². The first-order valence-electron chi connectivity index (χ1n) is 10.9. The molecule has 0 radical (unpaired) electrons. The Labute approximate surface area is 200 Å².